The highest BCUT2D eigenvalue weighted by Crippen LogP contribution is 2.27. The number of amides is 1. The van der Waals surface area contributed by atoms with E-state index in [1.165, 1.54) is 11.8 Å². The van der Waals surface area contributed by atoms with Gasteiger partial charge in [0.05, 0.1) is 11.3 Å². The first kappa shape index (κ1) is 20.4. The number of carbonyl (C=O) groups excluding carboxylic acids is 2. The number of aryl methyl sites for hydroxylation is 2. The number of nitrogens with zero attached hydrogens (tertiary/aromatic N) is 3. The van der Waals surface area contributed by atoms with Crippen LogP contribution in [0, 0.1) is 13.8 Å². The number of carbonyl (C=O) groups is 2. The second-order valence-corrected chi connectivity index (χ2v) is 7.92. The quantitative estimate of drug-likeness (QED) is 0.539. The summed E-state index contributed by atoms with van der Waals surface area (Å²) >= 11 is 1.42. The maximum Gasteiger partial charge on any atom is 0.341 e. The van der Waals surface area contributed by atoms with Crippen LogP contribution >= 0.6 is 11.8 Å². The first-order chi connectivity index (χ1) is 13.5. The predicted molar refractivity (Wildman–Crippen MR) is 105 cm³/mol. The van der Waals surface area contributed by atoms with Gasteiger partial charge in [-0.3, -0.25) is 4.79 Å². The number of hydrogen-bond donors (Lipinski definition) is 0. The Labute approximate surface area is 168 Å². The summed E-state index contributed by atoms with van der Waals surface area (Å²) in [6.45, 7) is 6.25. The molecule has 1 saturated heterocycles. The number of aromatic nitrogens is 2. The van der Waals surface area contributed by atoms with E-state index in [-0.39, 0.29) is 18.6 Å². The minimum atomic E-state index is -0.535. The fourth-order valence-corrected chi connectivity index (χ4v) is 4.40. The van der Waals surface area contributed by atoms with Gasteiger partial charge in [-0.2, -0.15) is 0 Å². The number of likely N-dealkylation sites (tertiary alicyclic amines) is 1. The summed E-state index contributed by atoms with van der Waals surface area (Å²) in [5.74, 6) is 0.663. The number of piperidine rings is 1. The summed E-state index contributed by atoms with van der Waals surface area (Å²) < 4.78 is 10.5. The third-order valence-electron chi connectivity index (χ3n) is 4.98. The Kier molecular flexibility index (Phi) is 6.72. The second kappa shape index (κ2) is 9.23. The molecular weight excluding hydrogens is 378 g/mol. The summed E-state index contributed by atoms with van der Waals surface area (Å²) in [6, 6.07) is 3.55. The van der Waals surface area contributed by atoms with Gasteiger partial charge < -0.3 is 14.2 Å². The summed E-state index contributed by atoms with van der Waals surface area (Å²) in [5, 5.41) is 4.50. The molecule has 1 unspecified atom stereocenters. The lowest BCUT2D eigenvalue weighted by Crippen LogP contribution is -2.44. The number of hydrogen-bond acceptors (Lipinski definition) is 7. The van der Waals surface area contributed by atoms with E-state index in [9.17, 15) is 9.59 Å². The highest BCUT2D eigenvalue weighted by Gasteiger charge is 2.25. The van der Waals surface area contributed by atoms with E-state index >= 15 is 0 Å². The number of rotatable bonds is 6. The Morgan fingerprint density at radius 3 is 2.89 bits per heavy atom. The third-order valence-corrected chi connectivity index (χ3v) is 6.01. The van der Waals surface area contributed by atoms with Crippen LogP contribution in [0.25, 0.3) is 0 Å². The normalized spacial score (nSPS) is 16.8. The van der Waals surface area contributed by atoms with E-state index in [0.29, 0.717) is 16.3 Å². The average molecular weight is 404 g/mol. The van der Waals surface area contributed by atoms with E-state index in [0.717, 1.165) is 42.8 Å². The lowest BCUT2D eigenvalue weighted by atomic mass is 10.0. The van der Waals surface area contributed by atoms with E-state index in [4.69, 9.17) is 9.26 Å². The van der Waals surface area contributed by atoms with Crippen molar-refractivity contribution >= 4 is 23.6 Å². The molecule has 3 rings (SSSR count). The number of thioether (sulfide) groups is 1. The third kappa shape index (κ3) is 4.73. The Morgan fingerprint density at radius 2 is 2.18 bits per heavy atom. The topological polar surface area (TPSA) is 85.5 Å². The zero-order chi connectivity index (χ0) is 20.1. The van der Waals surface area contributed by atoms with Gasteiger partial charge in [-0.1, -0.05) is 5.16 Å². The van der Waals surface area contributed by atoms with Crippen LogP contribution in [0.5, 0.6) is 0 Å². The van der Waals surface area contributed by atoms with Crippen molar-refractivity contribution in [2.24, 2.45) is 0 Å². The van der Waals surface area contributed by atoms with Crippen molar-refractivity contribution in [3.05, 3.63) is 40.9 Å². The molecule has 1 amide bonds. The van der Waals surface area contributed by atoms with Gasteiger partial charge >= 0.3 is 5.97 Å². The molecule has 2 aromatic heterocycles. The molecule has 0 spiro atoms. The van der Waals surface area contributed by atoms with E-state index in [2.05, 4.69) is 10.1 Å². The SMILES string of the molecule is Cc1noc(C)c1CSc1ncccc1C(=O)OCC(=O)N1CCCCC1C. The second-order valence-electron chi connectivity index (χ2n) is 6.96. The van der Waals surface area contributed by atoms with Crippen molar-refractivity contribution in [1.82, 2.24) is 15.0 Å². The molecular formula is C20H25N3O4S. The lowest BCUT2D eigenvalue weighted by Gasteiger charge is -2.33. The summed E-state index contributed by atoms with van der Waals surface area (Å²) in [7, 11) is 0. The Bertz CT molecular complexity index is 832. The molecule has 0 bridgehead atoms. The molecule has 0 aliphatic carbocycles. The monoisotopic (exact) mass is 403 g/mol. The number of pyridine rings is 1. The maximum atomic E-state index is 12.6. The molecule has 7 nitrogen and oxygen atoms in total. The molecule has 1 aliphatic rings. The summed E-state index contributed by atoms with van der Waals surface area (Å²) in [6.07, 6.45) is 4.75. The van der Waals surface area contributed by atoms with Crippen molar-refractivity contribution in [3.63, 3.8) is 0 Å². The molecule has 150 valence electrons. The van der Waals surface area contributed by atoms with E-state index < -0.39 is 5.97 Å². The highest BCUT2D eigenvalue weighted by molar-refractivity contribution is 7.98. The number of esters is 1. The minimum Gasteiger partial charge on any atom is -0.452 e. The Hall–Kier alpha value is -2.35. The van der Waals surface area contributed by atoms with Gasteiger partial charge in [-0.15, -0.1) is 11.8 Å². The van der Waals surface area contributed by atoms with Crippen LogP contribution in [0.1, 0.15) is 53.6 Å². The van der Waals surface area contributed by atoms with Gasteiger partial charge in [0.2, 0.25) is 0 Å². The van der Waals surface area contributed by atoms with Gasteiger partial charge in [-0.25, -0.2) is 9.78 Å². The fraction of sp³-hybridized carbons (Fsp3) is 0.500. The largest absolute Gasteiger partial charge is 0.452 e. The molecule has 1 aliphatic heterocycles. The average Bonchev–Trinajstić information content (AvgIpc) is 3.02. The Morgan fingerprint density at radius 1 is 1.36 bits per heavy atom. The smallest absolute Gasteiger partial charge is 0.341 e. The van der Waals surface area contributed by atoms with Gasteiger partial charge in [-0.05, 0) is 52.2 Å². The Balaban J connectivity index is 1.61. The molecule has 2 aromatic rings. The molecule has 0 N–H and O–H groups in total. The van der Waals surface area contributed by atoms with Crippen LogP contribution in [0.3, 0.4) is 0 Å². The van der Waals surface area contributed by atoms with Crippen LogP contribution in [-0.4, -0.2) is 46.1 Å². The molecule has 1 atom stereocenters. The van der Waals surface area contributed by atoms with Crippen molar-refractivity contribution in [1.29, 1.82) is 0 Å². The number of ether oxygens (including phenoxy) is 1. The molecule has 3 heterocycles. The molecule has 0 saturated carbocycles. The first-order valence-electron chi connectivity index (χ1n) is 9.43. The molecule has 0 aromatic carbocycles. The molecule has 8 heteroatoms. The van der Waals surface area contributed by atoms with E-state index in [1.807, 2.05) is 20.8 Å². The van der Waals surface area contributed by atoms with Crippen LogP contribution in [0.2, 0.25) is 0 Å². The molecule has 28 heavy (non-hydrogen) atoms. The van der Waals surface area contributed by atoms with Gasteiger partial charge in [0.25, 0.3) is 5.91 Å². The molecule has 0 radical (unpaired) electrons. The van der Waals surface area contributed by atoms with Crippen molar-refractivity contribution in [2.75, 3.05) is 13.2 Å². The van der Waals surface area contributed by atoms with Crippen LogP contribution in [0.4, 0.5) is 0 Å². The van der Waals surface area contributed by atoms with Gasteiger partial charge in [0.1, 0.15) is 10.8 Å². The molecule has 1 fully saturated rings. The first-order valence-corrected chi connectivity index (χ1v) is 10.4. The standard InChI is InChI=1S/C20H25N3O4S/c1-13-7-4-5-10-23(13)18(24)11-26-20(25)16-8-6-9-21-19(16)28-12-17-14(2)22-27-15(17)3/h6,8-9,13H,4-5,7,10-12H2,1-3H3. The van der Waals surface area contributed by atoms with Crippen molar-refractivity contribution in [3.8, 4) is 0 Å². The van der Waals surface area contributed by atoms with Crippen LogP contribution in [0.15, 0.2) is 27.9 Å². The fourth-order valence-electron chi connectivity index (χ4n) is 3.27. The van der Waals surface area contributed by atoms with Crippen molar-refractivity contribution < 1.29 is 18.8 Å². The van der Waals surface area contributed by atoms with Gasteiger partial charge in [0, 0.05) is 30.1 Å². The van der Waals surface area contributed by atoms with Crippen LogP contribution in [-0.2, 0) is 15.3 Å². The predicted octanol–water partition coefficient (Wildman–Crippen LogP) is 3.54. The highest BCUT2D eigenvalue weighted by atomic mass is 32.2. The van der Waals surface area contributed by atoms with Gasteiger partial charge in [0.15, 0.2) is 6.61 Å². The lowest BCUT2D eigenvalue weighted by molar-refractivity contribution is -0.137. The van der Waals surface area contributed by atoms with Crippen LogP contribution < -0.4 is 0 Å². The van der Waals surface area contributed by atoms with Crippen molar-refractivity contribution in [2.45, 2.75) is 56.9 Å². The minimum absolute atomic E-state index is 0.144. The zero-order valence-corrected chi connectivity index (χ0v) is 17.3. The zero-order valence-electron chi connectivity index (χ0n) is 16.4. The van der Waals surface area contributed by atoms with E-state index in [1.54, 1.807) is 23.2 Å². The summed E-state index contributed by atoms with van der Waals surface area (Å²) in [4.78, 5) is 31.1. The maximum absolute atomic E-state index is 12.6. The summed E-state index contributed by atoms with van der Waals surface area (Å²) in [5.41, 5.74) is 2.18.